The molecule has 108 valence electrons. The van der Waals surface area contributed by atoms with Gasteiger partial charge in [0.2, 0.25) is 5.91 Å². The summed E-state index contributed by atoms with van der Waals surface area (Å²) in [5.41, 5.74) is -0.476. The standard InChI is InChI=1S/C15H18FNO3/c1-2-15(7-3-4-8-15)14(20)17-12-6-5-10(16)9-11(12)13(18)19/h5-6,9H,2-4,7-8H2,1H3,(H,17,20)(H,18,19). The van der Waals surface area contributed by atoms with Gasteiger partial charge >= 0.3 is 5.97 Å². The molecule has 0 aliphatic heterocycles. The van der Waals surface area contributed by atoms with E-state index in [0.717, 1.165) is 44.2 Å². The molecule has 5 heteroatoms. The molecule has 1 aliphatic rings. The van der Waals surface area contributed by atoms with Crippen LogP contribution in [0.5, 0.6) is 0 Å². The van der Waals surface area contributed by atoms with Crippen molar-refractivity contribution in [3.63, 3.8) is 0 Å². The van der Waals surface area contributed by atoms with Gasteiger partial charge in [-0.2, -0.15) is 0 Å². The second-order valence-corrected chi connectivity index (χ2v) is 5.29. The van der Waals surface area contributed by atoms with Crippen LogP contribution in [0.1, 0.15) is 49.4 Å². The summed E-state index contributed by atoms with van der Waals surface area (Å²) in [5.74, 6) is -2.05. The molecule has 0 atom stereocenters. The molecule has 0 heterocycles. The van der Waals surface area contributed by atoms with E-state index in [1.807, 2.05) is 6.92 Å². The smallest absolute Gasteiger partial charge is 0.337 e. The van der Waals surface area contributed by atoms with Crippen molar-refractivity contribution in [1.29, 1.82) is 0 Å². The zero-order chi connectivity index (χ0) is 14.8. The molecule has 0 aromatic heterocycles. The topological polar surface area (TPSA) is 66.4 Å². The highest BCUT2D eigenvalue weighted by Crippen LogP contribution is 2.42. The summed E-state index contributed by atoms with van der Waals surface area (Å²) >= 11 is 0. The Morgan fingerprint density at radius 2 is 2.00 bits per heavy atom. The molecule has 0 spiro atoms. The Kier molecular flexibility index (Phi) is 4.06. The van der Waals surface area contributed by atoms with Gasteiger partial charge in [-0.1, -0.05) is 19.8 Å². The first-order valence-corrected chi connectivity index (χ1v) is 6.83. The number of carbonyl (C=O) groups is 2. The fraction of sp³-hybridized carbons (Fsp3) is 0.467. The number of amides is 1. The second-order valence-electron chi connectivity index (χ2n) is 5.29. The molecule has 20 heavy (non-hydrogen) atoms. The van der Waals surface area contributed by atoms with E-state index < -0.39 is 17.2 Å². The molecular weight excluding hydrogens is 261 g/mol. The largest absolute Gasteiger partial charge is 0.478 e. The molecule has 2 N–H and O–H groups in total. The van der Waals surface area contributed by atoms with Crippen molar-refractivity contribution in [1.82, 2.24) is 0 Å². The van der Waals surface area contributed by atoms with Crippen LogP contribution in [-0.2, 0) is 4.79 Å². The van der Waals surface area contributed by atoms with Gasteiger partial charge in [0, 0.05) is 5.41 Å². The van der Waals surface area contributed by atoms with Crippen molar-refractivity contribution >= 4 is 17.6 Å². The number of halogens is 1. The van der Waals surface area contributed by atoms with Crippen LogP contribution in [0.3, 0.4) is 0 Å². The van der Waals surface area contributed by atoms with E-state index >= 15 is 0 Å². The van der Waals surface area contributed by atoms with E-state index in [9.17, 15) is 14.0 Å². The van der Waals surface area contributed by atoms with Gasteiger partial charge < -0.3 is 10.4 Å². The zero-order valence-electron chi connectivity index (χ0n) is 11.4. The predicted octanol–water partition coefficient (Wildman–Crippen LogP) is 3.43. The molecular formula is C15H18FNO3. The third-order valence-corrected chi connectivity index (χ3v) is 4.18. The number of nitrogens with one attached hydrogen (secondary N) is 1. The lowest BCUT2D eigenvalue weighted by Gasteiger charge is -2.26. The minimum absolute atomic E-state index is 0.156. The third-order valence-electron chi connectivity index (χ3n) is 4.18. The monoisotopic (exact) mass is 279 g/mol. The Hall–Kier alpha value is -1.91. The molecule has 0 unspecified atom stereocenters. The van der Waals surface area contributed by atoms with Gasteiger partial charge in [-0.25, -0.2) is 9.18 Å². The molecule has 0 radical (unpaired) electrons. The van der Waals surface area contributed by atoms with Crippen molar-refractivity contribution < 1.29 is 19.1 Å². The van der Waals surface area contributed by atoms with Crippen LogP contribution in [0.15, 0.2) is 18.2 Å². The van der Waals surface area contributed by atoms with Gasteiger partial charge in [-0.15, -0.1) is 0 Å². The SMILES string of the molecule is CCC1(C(=O)Nc2ccc(F)cc2C(=O)O)CCCC1. The van der Waals surface area contributed by atoms with Crippen molar-refractivity contribution in [3.05, 3.63) is 29.6 Å². The van der Waals surface area contributed by atoms with E-state index in [2.05, 4.69) is 5.32 Å². The number of anilines is 1. The van der Waals surface area contributed by atoms with Gasteiger partial charge in [0.25, 0.3) is 0 Å². The molecule has 1 fully saturated rings. The minimum atomic E-state index is -1.25. The minimum Gasteiger partial charge on any atom is -0.478 e. The Balaban J connectivity index is 2.25. The number of hydrogen-bond acceptors (Lipinski definition) is 2. The van der Waals surface area contributed by atoms with Crippen molar-refractivity contribution in [2.75, 3.05) is 5.32 Å². The van der Waals surface area contributed by atoms with Crippen LogP contribution in [0.2, 0.25) is 0 Å². The maximum atomic E-state index is 13.1. The Morgan fingerprint density at radius 1 is 1.35 bits per heavy atom. The van der Waals surface area contributed by atoms with E-state index in [-0.39, 0.29) is 17.2 Å². The first kappa shape index (κ1) is 14.5. The van der Waals surface area contributed by atoms with Crippen molar-refractivity contribution in [2.45, 2.75) is 39.0 Å². The number of benzene rings is 1. The number of carboxylic acids is 1. The van der Waals surface area contributed by atoms with E-state index in [4.69, 9.17) is 5.11 Å². The lowest BCUT2D eigenvalue weighted by Crippen LogP contribution is -2.33. The lowest BCUT2D eigenvalue weighted by molar-refractivity contribution is -0.125. The number of carboxylic acid groups (broad SMARTS) is 1. The van der Waals surface area contributed by atoms with E-state index in [1.54, 1.807) is 0 Å². The molecule has 1 amide bonds. The summed E-state index contributed by atoms with van der Waals surface area (Å²) in [4.78, 5) is 23.5. The van der Waals surface area contributed by atoms with Crippen LogP contribution in [0, 0.1) is 11.2 Å². The molecule has 4 nitrogen and oxygen atoms in total. The Bertz CT molecular complexity index is 536. The van der Waals surface area contributed by atoms with Gasteiger partial charge in [0.05, 0.1) is 11.3 Å². The Morgan fingerprint density at radius 3 is 2.55 bits per heavy atom. The number of rotatable bonds is 4. The lowest BCUT2D eigenvalue weighted by atomic mass is 9.82. The molecule has 1 saturated carbocycles. The Labute approximate surface area is 117 Å². The summed E-state index contributed by atoms with van der Waals surface area (Å²) in [6, 6.07) is 3.37. The first-order valence-electron chi connectivity index (χ1n) is 6.83. The van der Waals surface area contributed by atoms with Crippen molar-refractivity contribution in [3.8, 4) is 0 Å². The molecule has 1 aliphatic carbocycles. The molecule has 1 aromatic rings. The first-order chi connectivity index (χ1) is 9.48. The summed E-state index contributed by atoms with van der Waals surface area (Å²) in [5, 5.41) is 11.7. The maximum Gasteiger partial charge on any atom is 0.337 e. The zero-order valence-corrected chi connectivity index (χ0v) is 11.4. The third kappa shape index (κ3) is 2.66. The summed E-state index contributed by atoms with van der Waals surface area (Å²) in [6.07, 6.45) is 4.38. The predicted molar refractivity (Wildman–Crippen MR) is 73.2 cm³/mol. The second kappa shape index (κ2) is 5.61. The summed E-state index contributed by atoms with van der Waals surface area (Å²) < 4.78 is 13.1. The molecule has 2 rings (SSSR count). The van der Waals surface area contributed by atoms with E-state index in [1.165, 1.54) is 6.07 Å². The summed E-state index contributed by atoms with van der Waals surface area (Å²) in [6.45, 7) is 1.97. The fourth-order valence-electron chi connectivity index (χ4n) is 2.85. The average Bonchev–Trinajstić information content (AvgIpc) is 2.90. The van der Waals surface area contributed by atoms with E-state index in [0.29, 0.717) is 0 Å². The molecule has 1 aromatic carbocycles. The maximum absolute atomic E-state index is 13.1. The number of carbonyl (C=O) groups excluding carboxylic acids is 1. The van der Waals surface area contributed by atoms with Crippen LogP contribution in [-0.4, -0.2) is 17.0 Å². The number of hydrogen-bond donors (Lipinski definition) is 2. The quantitative estimate of drug-likeness (QED) is 0.887. The fourth-order valence-corrected chi connectivity index (χ4v) is 2.85. The van der Waals surface area contributed by atoms with Crippen LogP contribution >= 0.6 is 0 Å². The highest BCUT2D eigenvalue weighted by Gasteiger charge is 2.39. The molecule has 0 saturated heterocycles. The van der Waals surface area contributed by atoms with Crippen LogP contribution < -0.4 is 5.32 Å². The van der Waals surface area contributed by atoms with Crippen LogP contribution in [0.4, 0.5) is 10.1 Å². The van der Waals surface area contributed by atoms with Crippen molar-refractivity contribution in [2.24, 2.45) is 5.41 Å². The highest BCUT2D eigenvalue weighted by atomic mass is 19.1. The summed E-state index contributed by atoms with van der Waals surface area (Å²) in [7, 11) is 0. The molecule has 0 bridgehead atoms. The normalized spacial score (nSPS) is 16.9. The van der Waals surface area contributed by atoms with Gasteiger partial charge in [-0.05, 0) is 37.5 Å². The van der Waals surface area contributed by atoms with Gasteiger partial charge in [-0.3, -0.25) is 4.79 Å². The highest BCUT2D eigenvalue weighted by molar-refractivity contribution is 6.02. The number of aromatic carboxylic acids is 1. The van der Waals surface area contributed by atoms with Gasteiger partial charge in [0.1, 0.15) is 5.82 Å². The van der Waals surface area contributed by atoms with Gasteiger partial charge in [0.15, 0.2) is 0 Å². The van der Waals surface area contributed by atoms with Crippen LogP contribution in [0.25, 0.3) is 0 Å². The average molecular weight is 279 g/mol.